The molecule has 1 N–H and O–H groups in total. The van der Waals surface area contributed by atoms with Gasteiger partial charge in [0.15, 0.2) is 5.78 Å². The van der Waals surface area contributed by atoms with Crippen molar-refractivity contribution >= 4 is 5.78 Å². The quantitative estimate of drug-likeness (QED) is 0.653. The van der Waals surface area contributed by atoms with Gasteiger partial charge in [0.1, 0.15) is 11.6 Å². The second-order valence-corrected chi connectivity index (χ2v) is 4.90. The normalized spacial score (nSPS) is 11.1. The number of ketones is 1. The topological polar surface area (TPSA) is 38.3 Å². The molecule has 0 aliphatic rings. The molecule has 3 nitrogen and oxygen atoms in total. The number of methoxy groups -OCH3 is 1. The highest BCUT2D eigenvalue weighted by atomic mass is 19.1. The Hall–Kier alpha value is -2.62. The predicted molar refractivity (Wildman–Crippen MR) is 84.3 cm³/mol. The summed E-state index contributed by atoms with van der Waals surface area (Å²) in [6.07, 6.45) is 1.55. The van der Waals surface area contributed by atoms with Crippen LogP contribution in [0.2, 0.25) is 0 Å². The average molecular weight is 299 g/mol. The Bertz CT molecular complexity index is 660. The molecule has 0 saturated heterocycles. The Kier molecular flexibility index (Phi) is 5.31. The van der Waals surface area contributed by atoms with Crippen LogP contribution in [-0.4, -0.2) is 12.9 Å². The van der Waals surface area contributed by atoms with Crippen LogP contribution in [0.25, 0.3) is 0 Å². The lowest BCUT2D eigenvalue weighted by atomic mass is 10.1. The molecule has 2 aromatic rings. The zero-order chi connectivity index (χ0) is 15.9. The summed E-state index contributed by atoms with van der Waals surface area (Å²) < 4.78 is 17.9. The molecule has 0 spiro atoms. The van der Waals surface area contributed by atoms with Gasteiger partial charge in [-0.15, -0.1) is 0 Å². The number of hydrogen-bond donors (Lipinski definition) is 1. The minimum atomic E-state index is -0.259. The van der Waals surface area contributed by atoms with Crippen molar-refractivity contribution in [3.63, 3.8) is 0 Å². The molecule has 2 rings (SSSR count). The molecule has 4 heteroatoms. The van der Waals surface area contributed by atoms with Crippen molar-refractivity contribution < 1.29 is 13.9 Å². The van der Waals surface area contributed by atoms with E-state index in [9.17, 15) is 9.18 Å². The number of hydrogen-bond acceptors (Lipinski definition) is 3. The van der Waals surface area contributed by atoms with Crippen molar-refractivity contribution in [1.82, 2.24) is 5.32 Å². The number of nitrogens with one attached hydrogen (secondary N) is 1. The maximum absolute atomic E-state index is 12.8. The number of carbonyl (C=O) groups excluding carboxylic acids is 1. The average Bonchev–Trinajstić information content (AvgIpc) is 2.54. The van der Waals surface area contributed by atoms with Crippen molar-refractivity contribution in [2.75, 3.05) is 7.11 Å². The fourth-order valence-corrected chi connectivity index (χ4v) is 1.93. The minimum absolute atomic E-state index is 0.0771. The van der Waals surface area contributed by atoms with Crippen LogP contribution in [0.1, 0.15) is 22.8 Å². The van der Waals surface area contributed by atoms with Gasteiger partial charge in [0.2, 0.25) is 0 Å². The molecule has 0 bridgehead atoms. The highest BCUT2D eigenvalue weighted by molar-refractivity contribution is 6.04. The molecule has 0 radical (unpaired) electrons. The van der Waals surface area contributed by atoms with Crippen LogP contribution >= 0.6 is 0 Å². The number of carbonyl (C=O) groups is 1. The Morgan fingerprint density at radius 3 is 2.36 bits per heavy atom. The van der Waals surface area contributed by atoms with Crippen molar-refractivity contribution in [2.45, 2.75) is 13.5 Å². The van der Waals surface area contributed by atoms with Crippen molar-refractivity contribution in [3.05, 3.63) is 77.2 Å². The first-order valence-corrected chi connectivity index (χ1v) is 6.93. The van der Waals surface area contributed by atoms with E-state index in [0.29, 0.717) is 17.9 Å². The number of benzene rings is 2. The molecule has 0 aromatic heterocycles. The zero-order valence-electron chi connectivity index (χ0n) is 12.6. The van der Waals surface area contributed by atoms with Gasteiger partial charge in [-0.3, -0.25) is 4.79 Å². The summed E-state index contributed by atoms with van der Waals surface area (Å²) >= 11 is 0. The molecular weight excluding hydrogens is 281 g/mol. The molecule has 2 aromatic carbocycles. The van der Waals surface area contributed by atoms with Crippen LogP contribution < -0.4 is 10.1 Å². The van der Waals surface area contributed by atoms with E-state index in [1.165, 1.54) is 12.1 Å². The highest BCUT2D eigenvalue weighted by Crippen LogP contribution is 2.12. The molecule has 0 heterocycles. The van der Waals surface area contributed by atoms with Crippen molar-refractivity contribution in [3.8, 4) is 5.75 Å². The highest BCUT2D eigenvalue weighted by Gasteiger charge is 2.03. The van der Waals surface area contributed by atoms with Crippen molar-refractivity contribution in [1.29, 1.82) is 0 Å². The smallest absolute Gasteiger partial charge is 0.187 e. The van der Waals surface area contributed by atoms with Gasteiger partial charge in [-0.2, -0.15) is 0 Å². The number of halogens is 1. The fraction of sp³-hybridized carbons (Fsp3) is 0.167. The lowest BCUT2D eigenvalue weighted by Gasteiger charge is -2.07. The molecular formula is C18H18FNO2. The SMILES string of the molecule is COc1ccc(C(=O)/C=C(\C)NCc2ccc(F)cc2)cc1. The first kappa shape index (κ1) is 15.8. The third-order valence-electron chi connectivity index (χ3n) is 3.21. The van der Waals surface area contributed by atoms with Crippen LogP contribution in [0.3, 0.4) is 0 Å². The monoisotopic (exact) mass is 299 g/mol. The van der Waals surface area contributed by atoms with Gasteiger partial charge in [0, 0.05) is 23.9 Å². The summed E-state index contributed by atoms with van der Waals surface area (Å²) in [5.74, 6) is 0.379. The first-order valence-electron chi connectivity index (χ1n) is 6.93. The summed E-state index contributed by atoms with van der Waals surface area (Å²) in [7, 11) is 1.58. The molecule has 114 valence electrons. The second kappa shape index (κ2) is 7.41. The lowest BCUT2D eigenvalue weighted by molar-refractivity contribution is 0.104. The molecule has 0 fully saturated rings. The van der Waals surface area contributed by atoms with Gasteiger partial charge >= 0.3 is 0 Å². The predicted octanol–water partition coefficient (Wildman–Crippen LogP) is 3.71. The Morgan fingerprint density at radius 1 is 1.14 bits per heavy atom. The van der Waals surface area contributed by atoms with E-state index in [1.54, 1.807) is 49.6 Å². The molecule has 0 unspecified atom stereocenters. The number of ether oxygens (including phenoxy) is 1. The second-order valence-electron chi connectivity index (χ2n) is 4.90. The van der Waals surface area contributed by atoms with E-state index in [0.717, 1.165) is 11.3 Å². The van der Waals surface area contributed by atoms with E-state index in [-0.39, 0.29) is 11.6 Å². The van der Waals surface area contributed by atoms with E-state index < -0.39 is 0 Å². The van der Waals surface area contributed by atoms with Crippen LogP contribution in [0.15, 0.2) is 60.3 Å². The van der Waals surface area contributed by atoms with E-state index in [2.05, 4.69) is 5.32 Å². The third kappa shape index (κ3) is 4.45. The van der Waals surface area contributed by atoms with Gasteiger partial charge in [0.05, 0.1) is 7.11 Å². The Labute approximate surface area is 129 Å². The molecule has 0 atom stereocenters. The molecule has 0 amide bonds. The third-order valence-corrected chi connectivity index (χ3v) is 3.21. The van der Waals surface area contributed by atoms with Crippen LogP contribution in [0.4, 0.5) is 4.39 Å². The summed E-state index contributed by atoms with van der Waals surface area (Å²) in [5.41, 5.74) is 2.31. The molecule has 0 saturated carbocycles. The fourth-order valence-electron chi connectivity index (χ4n) is 1.93. The largest absolute Gasteiger partial charge is 0.497 e. The summed E-state index contributed by atoms with van der Waals surface area (Å²) in [6, 6.07) is 13.2. The minimum Gasteiger partial charge on any atom is -0.497 e. The summed E-state index contributed by atoms with van der Waals surface area (Å²) in [6.45, 7) is 2.36. The van der Waals surface area contributed by atoms with E-state index in [1.807, 2.05) is 6.92 Å². The van der Waals surface area contributed by atoms with Gasteiger partial charge in [-0.05, 0) is 48.9 Å². The summed E-state index contributed by atoms with van der Waals surface area (Å²) in [4.78, 5) is 12.1. The van der Waals surface area contributed by atoms with E-state index >= 15 is 0 Å². The zero-order valence-corrected chi connectivity index (χ0v) is 12.6. The molecule has 0 aliphatic heterocycles. The van der Waals surface area contributed by atoms with Crippen LogP contribution in [-0.2, 0) is 6.54 Å². The number of allylic oxidation sites excluding steroid dienone is 2. The standard InChI is InChI=1S/C18H18FNO2/c1-13(20-12-14-3-7-16(19)8-4-14)11-18(21)15-5-9-17(22-2)10-6-15/h3-11,20H,12H2,1-2H3/b13-11+. The number of rotatable bonds is 6. The van der Waals surface area contributed by atoms with Gasteiger partial charge < -0.3 is 10.1 Å². The van der Waals surface area contributed by atoms with E-state index in [4.69, 9.17) is 4.74 Å². The van der Waals surface area contributed by atoms with Crippen molar-refractivity contribution in [2.24, 2.45) is 0 Å². The maximum atomic E-state index is 12.8. The summed E-state index contributed by atoms with van der Waals surface area (Å²) in [5, 5.41) is 3.13. The maximum Gasteiger partial charge on any atom is 0.187 e. The van der Waals surface area contributed by atoms with Gasteiger partial charge in [-0.25, -0.2) is 4.39 Å². The molecule has 22 heavy (non-hydrogen) atoms. The Morgan fingerprint density at radius 2 is 1.77 bits per heavy atom. The molecule has 0 aliphatic carbocycles. The first-order chi connectivity index (χ1) is 10.6. The van der Waals surface area contributed by atoms with Crippen LogP contribution in [0, 0.1) is 5.82 Å². The van der Waals surface area contributed by atoms with Crippen LogP contribution in [0.5, 0.6) is 5.75 Å². The lowest BCUT2D eigenvalue weighted by Crippen LogP contribution is -2.12. The van der Waals surface area contributed by atoms with Gasteiger partial charge in [-0.1, -0.05) is 12.1 Å². The van der Waals surface area contributed by atoms with Gasteiger partial charge in [0.25, 0.3) is 0 Å². The Balaban J connectivity index is 1.95.